The van der Waals surface area contributed by atoms with Gasteiger partial charge in [0.05, 0.1) is 0 Å². The number of rotatable bonds is 4. The van der Waals surface area contributed by atoms with E-state index in [0.717, 1.165) is 15.9 Å². The standard InChI is InChI=1S/C24H22NO2P/c1-18(2)22-25-23(24(26)27-22)28(19-12-6-3-7-13-19,20-14-8-4-9-15-20)21-16-10-5-11-17-21/h3-18H,1-2H3. The summed E-state index contributed by atoms with van der Waals surface area (Å²) in [4.78, 5) is 17.9. The minimum absolute atomic E-state index is 0.0469. The predicted octanol–water partition coefficient (Wildman–Crippen LogP) is 3.72. The lowest BCUT2D eigenvalue weighted by molar-refractivity contribution is -0.127. The Hall–Kier alpha value is -2.90. The highest BCUT2D eigenvalue weighted by Gasteiger charge is 2.38. The monoisotopic (exact) mass is 387 g/mol. The third-order valence-corrected chi connectivity index (χ3v) is 8.97. The number of aliphatic imine (C=N–C) groups is 1. The Morgan fingerprint density at radius 2 is 1.11 bits per heavy atom. The molecule has 0 spiro atoms. The van der Waals surface area contributed by atoms with Gasteiger partial charge in [-0.25, -0.2) is 9.79 Å². The molecule has 28 heavy (non-hydrogen) atoms. The van der Waals surface area contributed by atoms with E-state index in [1.165, 1.54) is 0 Å². The third-order valence-electron chi connectivity index (χ3n) is 4.84. The Balaban J connectivity index is 2.21. The van der Waals surface area contributed by atoms with Gasteiger partial charge in [0.1, 0.15) is 0 Å². The molecule has 0 fully saturated rings. The van der Waals surface area contributed by atoms with E-state index in [1.807, 2.05) is 68.4 Å². The van der Waals surface area contributed by atoms with Crippen LogP contribution in [0.25, 0.3) is 0 Å². The highest BCUT2D eigenvalue weighted by molar-refractivity contribution is 7.96. The molecule has 1 aliphatic rings. The second-order valence-corrected chi connectivity index (χ2v) is 10.3. The highest BCUT2D eigenvalue weighted by atomic mass is 31.2. The van der Waals surface area contributed by atoms with Gasteiger partial charge in [-0.15, -0.1) is 0 Å². The molecule has 0 saturated carbocycles. The van der Waals surface area contributed by atoms with Crippen LogP contribution < -0.4 is 15.9 Å². The molecule has 0 saturated heterocycles. The zero-order valence-electron chi connectivity index (χ0n) is 15.9. The first-order valence-electron chi connectivity index (χ1n) is 9.38. The maximum absolute atomic E-state index is 13.1. The summed E-state index contributed by atoms with van der Waals surface area (Å²) in [7, 11) is 0. The molecule has 3 aromatic carbocycles. The van der Waals surface area contributed by atoms with Gasteiger partial charge in [-0.3, -0.25) is 0 Å². The molecular weight excluding hydrogens is 365 g/mol. The van der Waals surface area contributed by atoms with Gasteiger partial charge in [0, 0.05) is 12.8 Å². The minimum Gasteiger partial charge on any atom is -0.406 e. The van der Waals surface area contributed by atoms with Crippen molar-refractivity contribution in [3.8, 4) is 0 Å². The minimum atomic E-state index is -2.48. The number of esters is 1. The number of carbonyl (C=O) groups excluding carboxylic acids is 1. The number of ether oxygens (including phenoxy) is 1. The first-order valence-corrected chi connectivity index (χ1v) is 11.2. The van der Waals surface area contributed by atoms with Crippen molar-refractivity contribution in [3.05, 3.63) is 91.0 Å². The van der Waals surface area contributed by atoms with Crippen LogP contribution in [0.15, 0.2) is 96.0 Å². The molecule has 1 heterocycles. The van der Waals surface area contributed by atoms with E-state index in [9.17, 15) is 4.79 Å². The normalized spacial score (nSPS) is 14.2. The van der Waals surface area contributed by atoms with Gasteiger partial charge in [0.15, 0.2) is 5.42 Å². The van der Waals surface area contributed by atoms with Crippen LogP contribution in [0.5, 0.6) is 0 Å². The van der Waals surface area contributed by atoms with Crippen LogP contribution in [0.3, 0.4) is 0 Å². The Morgan fingerprint density at radius 3 is 1.43 bits per heavy atom. The van der Waals surface area contributed by atoms with Crippen LogP contribution in [0.1, 0.15) is 13.8 Å². The molecule has 0 radical (unpaired) electrons. The number of nitrogens with zero attached hydrogens (tertiary/aromatic N) is 1. The SMILES string of the molecule is CC(C)C1=NC(=P(c2ccccc2)(c2ccccc2)c2ccccc2)C(=O)O1. The second-order valence-electron chi connectivity index (χ2n) is 7.00. The quantitative estimate of drug-likeness (QED) is 0.506. The number of hydrogen-bond acceptors (Lipinski definition) is 2. The topological polar surface area (TPSA) is 38.7 Å². The molecule has 0 aromatic heterocycles. The fourth-order valence-electron chi connectivity index (χ4n) is 3.54. The molecule has 3 nitrogen and oxygen atoms in total. The largest absolute Gasteiger partial charge is 0.406 e. The van der Waals surface area contributed by atoms with E-state index >= 15 is 0 Å². The van der Waals surface area contributed by atoms with E-state index in [1.54, 1.807) is 0 Å². The summed E-state index contributed by atoms with van der Waals surface area (Å²) in [5.41, 5.74) is 0.514. The van der Waals surface area contributed by atoms with Crippen LogP contribution in [0.2, 0.25) is 0 Å². The van der Waals surface area contributed by atoms with Crippen molar-refractivity contribution >= 4 is 40.1 Å². The molecule has 140 valence electrons. The van der Waals surface area contributed by atoms with Crippen LogP contribution in [0, 0.1) is 5.92 Å². The maximum Gasteiger partial charge on any atom is 0.364 e. The molecule has 4 rings (SSSR count). The van der Waals surface area contributed by atoms with Gasteiger partial charge in [0.25, 0.3) is 0 Å². The summed E-state index contributed by atoms with van der Waals surface area (Å²) in [6.45, 7) is 1.50. The Labute approximate surface area is 165 Å². The van der Waals surface area contributed by atoms with Crippen molar-refractivity contribution in [2.45, 2.75) is 13.8 Å². The Morgan fingerprint density at radius 1 is 0.714 bits per heavy atom. The smallest absolute Gasteiger partial charge is 0.364 e. The van der Waals surface area contributed by atoms with Crippen molar-refractivity contribution in [2.24, 2.45) is 10.9 Å². The lowest BCUT2D eigenvalue weighted by atomic mass is 10.2. The van der Waals surface area contributed by atoms with Gasteiger partial charge in [-0.2, -0.15) is 0 Å². The van der Waals surface area contributed by atoms with Crippen molar-refractivity contribution < 1.29 is 9.53 Å². The van der Waals surface area contributed by atoms with E-state index < -0.39 is 6.89 Å². The lowest BCUT2D eigenvalue weighted by Gasteiger charge is -2.28. The van der Waals surface area contributed by atoms with Gasteiger partial charge in [-0.1, -0.05) is 105 Å². The fraction of sp³-hybridized carbons (Fsp3) is 0.125. The maximum atomic E-state index is 13.1. The summed E-state index contributed by atoms with van der Waals surface area (Å²) in [6.07, 6.45) is 0. The van der Waals surface area contributed by atoms with Gasteiger partial charge in [0.2, 0.25) is 5.90 Å². The average molecular weight is 387 g/mol. The third kappa shape index (κ3) is 3.02. The van der Waals surface area contributed by atoms with Crippen molar-refractivity contribution in [1.29, 1.82) is 0 Å². The van der Waals surface area contributed by atoms with Crippen LogP contribution in [-0.2, 0) is 9.53 Å². The first kappa shape index (κ1) is 18.5. The highest BCUT2D eigenvalue weighted by Crippen LogP contribution is 2.47. The van der Waals surface area contributed by atoms with E-state index in [4.69, 9.17) is 9.73 Å². The number of hydrogen-bond donors (Lipinski definition) is 0. The Bertz CT molecular complexity index is 968. The van der Waals surface area contributed by atoms with E-state index in [-0.39, 0.29) is 11.9 Å². The molecule has 3 aromatic rings. The molecule has 0 unspecified atom stereocenters. The second kappa shape index (κ2) is 7.61. The molecule has 0 atom stereocenters. The molecule has 0 aliphatic carbocycles. The predicted molar refractivity (Wildman–Crippen MR) is 119 cm³/mol. The van der Waals surface area contributed by atoms with Crippen LogP contribution in [-0.4, -0.2) is 17.3 Å². The average Bonchev–Trinajstić information content (AvgIpc) is 3.14. The van der Waals surface area contributed by atoms with Crippen molar-refractivity contribution in [2.75, 3.05) is 0 Å². The fourth-order valence-corrected chi connectivity index (χ4v) is 7.60. The number of cyclic esters (lactones) is 1. The summed E-state index contributed by atoms with van der Waals surface area (Å²) in [6, 6.07) is 30.7. The summed E-state index contributed by atoms with van der Waals surface area (Å²) < 4.78 is 5.61. The molecule has 1 aliphatic heterocycles. The molecule has 0 bridgehead atoms. The summed E-state index contributed by atoms with van der Waals surface area (Å²) in [5.74, 6) is 0.200. The van der Waals surface area contributed by atoms with Crippen LogP contribution >= 0.6 is 6.89 Å². The van der Waals surface area contributed by atoms with Gasteiger partial charge >= 0.3 is 5.97 Å². The zero-order chi connectivity index (χ0) is 19.6. The zero-order valence-corrected chi connectivity index (χ0v) is 16.8. The van der Waals surface area contributed by atoms with Crippen molar-refractivity contribution in [3.63, 3.8) is 0 Å². The molecule has 0 amide bonds. The molecule has 4 heteroatoms. The first-order chi connectivity index (χ1) is 13.6. The lowest BCUT2D eigenvalue weighted by Crippen LogP contribution is -2.31. The van der Waals surface area contributed by atoms with Gasteiger partial charge in [-0.05, 0) is 15.9 Å². The van der Waals surface area contributed by atoms with Gasteiger partial charge < -0.3 is 4.74 Å². The number of carbonyl (C=O) groups is 1. The molecule has 0 N–H and O–H groups in total. The van der Waals surface area contributed by atoms with E-state index in [2.05, 4.69) is 36.4 Å². The van der Waals surface area contributed by atoms with Crippen molar-refractivity contribution in [1.82, 2.24) is 0 Å². The molecular formula is C24H22NO2P. The van der Waals surface area contributed by atoms with Crippen LogP contribution in [0.4, 0.5) is 0 Å². The summed E-state index contributed by atoms with van der Waals surface area (Å²) >= 11 is 0. The number of benzene rings is 3. The van der Waals surface area contributed by atoms with E-state index in [0.29, 0.717) is 11.3 Å². The summed E-state index contributed by atoms with van der Waals surface area (Å²) in [5, 5.41) is 3.27. The Kier molecular flexibility index (Phi) is 5.02.